The minimum absolute atomic E-state index is 0.00643. The van der Waals surface area contributed by atoms with E-state index >= 15 is 0 Å². The second kappa shape index (κ2) is 11.6. The summed E-state index contributed by atoms with van der Waals surface area (Å²) in [5, 5.41) is 0. The highest BCUT2D eigenvalue weighted by atomic mass is 16.5. The first kappa shape index (κ1) is 19.9. The van der Waals surface area contributed by atoms with Crippen LogP contribution in [0.5, 0.6) is 0 Å². The lowest BCUT2D eigenvalue weighted by Crippen LogP contribution is -2.22. The van der Waals surface area contributed by atoms with E-state index in [0.29, 0.717) is 0 Å². The lowest BCUT2D eigenvalue weighted by molar-refractivity contribution is -0.157. The molecule has 0 amide bonds. The third kappa shape index (κ3) is 10.3. The molecule has 0 rings (SSSR count). The van der Waals surface area contributed by atoms with Gasteiger partial charge in [0.15, 0.2) is 0 Å². The van der Waals surface area contributed by atoms with Gasteiger partial charge in [-0.05, 0) is 25.7 Å². The molecule has 0 fully saturated rings. The van der Waals surface area contributed by atoms with E-state index in [-0.39, 0.29) is 42.9 Å². The maximum Gasteiger partial charge on any atom is 0.306 e. The Hall–Kier alpha value is -1.06. The molecule has 0 aromatic rings. The number of unbranched alkanes of at least 4 members (excludes halogenated alkanes) is 1. The number of ether oxygens (including phenoxy) is 2. The molecule has 0 heterocycles. The second-order valence-corrected chi connectivity index (χ2v) is 5.98. The van der Waals surface area contributed by atoms with Crippen molar-refractivity contribution in [1.82, 2.24) is 0 Å². The number of rotatable bonds is 11. The first-order valence-electron chi connectivity index (χ1n) is 8.29. The van der Waals surface area contributed by atoms with Gasteiger partial charge in [0.05, 0.1) is 12.8 Å². The predicted molar refractivity (Wildman–Crippen MR) is 83.9 cm³/mol. The van der Waals surface area contributed by atoms with Gasteiger partial charge in [0.2, 0.25) is 0 Å². The van der Waals surface area contributed by atoms with Crippen LogP contribution in [-0.4, -0.2) is 24.1 Å². The van der Waals surface area contributed by atoms with Gasteiger partial charge in [-0.15, -0.1) is 0 Å². The minimum Gasteiger partial charge on any atom is -0.462 e. The van der Waals surface area contributed by atoms with Crippen molar-refractivity contribution in [2.45, 2.75) is 91.8 Å². The summed E-state index contributed by atoms with van der Waals surface area (Å²) in [4.78, 5) is 23.4. The van der Waals surface area contributed by atoms with Gasteiger partial charge in [0, 0.05) is 0 Å². The van der Waals surface area contributed by atoms with E-state index in [2.05, 4.69) is 13.8 Å². The highest BCUT2D eigenvalue weighted by Gasteiger charge is 2.17. The molecule has 0 aliphatic carbocycles. The van der Waals surface area contributed by atoms with Gasteiger partial charge >= 0.3 is 11.9 Å². The summed E-state index contributed by atoms with van der Waals surface area (Å²) in [5.41, 5.74) is 0. The third-order valence-corrected chi connectivity index (χ3v) is 3.58. The van der Waals surface area contributed by atoms with Crippen LogP contribution in [0.2, 0.25) is 0 Å². The summed E-state index contributed by atoms with van der Waals surface area (Å²) >= 11 is 0. The van der Waals surface area contributed by atoms with Crippen LogP contribution >= 0.6 is 0 Å². The normalized spacial score (nSPS) is 13.8. The quantitative estimate of drug-likeness (QED) is 0.535. The summed E-state index contributed by atoms with van der Waals surface area (Å²) in [6, 6.07) is 0. The Balaban J connectivity index is 4.03. The first-order valence-corrected chi connectivity index (χ1v) is 8.29. The highest BCUT2D eigenvalue weighted by Crippen LogP contribution is 2.13. The SMILES string of the molecule is CCCCC(CCC)OC(=O)CCC(=O)OC(C)C(C)C. The summed E-state index contributed by atoms with van der Waals surface area (Å²) in [6.07, 6.45) is 5.03. The Labute approximate surface area is 129 Å². The zero-order valence-electron chi connectivity index (χ0n) is 14.3. The molecular formula is C17H32O4. The molecule has 0 saturated carbocycles. The smallest absolute Gasteiger partial charge is 0.306 e. The van der Waals surface area contributed by atoms with Crippen molar-refractivity contribution < 1.29 is 19.1 Å². The molecule has 2 atom stereocenters. The topological polar surface area (TPSA) is 52.6 Å². The molecule has 0 bridgehead atoms. The van der Waals surface area contributed by atoms with E-state index < -0.39 is 0 Å². The van der Waals surface area contributed by atoms with Gasteiger partial charge in [-0.25, -0.2) is 0 Å². The van der Waals surface area contributed by atoms with Crippen molar-refractivity contribution in [3.05, 3.63) is 0 Å². The van der Waals surface area contributed by atoms with E-state index in [1.54, 1.807) is 0 Å². The Morgan fingerprint density at radius 3 is 1.90 bits per heavy atom. The molecule has 0 radical (unpaired) electrons. The van der Waals surface area contributed by atoms with Crippen LogP contribution in [0, 0.1) is 5.92 Å². The number of esters is 2. The van der Waals surface area contributed by atoms with E-state index in [1.165, 1.54) is 0 Å². The zero-order valence-corrected chi connectivity index (χ0v) is 14.3. The Morgan fingerprint density at radius 2 is 1.43 bits per heavy atom. The summed E-state index contributed by atoms with van der Waals surface area (Å²) in [6.45, 7) is 10.1. The maximum atomic E-state index is 11.8. The molecule has 0 spiro atoms. The average Bonchev–Trinajstić information content (AvgIpc) is 2.42. The van der Waals surface area contributed by atoms with Gasteiger partial charge < -0.3 is 9.47 Å². The van der Waals surface area contributed by atoms with E-state index in [0.717, 1.165) is 32.1 Å². The molecule has 21 heavy (non-hydrogen) atoms. The highest BCUT2D eigenvalue weighted by molar-refractivity contribution is 5.77. The average molecular weight is 300 g/mol. The number of carbonyl (C=O) groups excluding carboxylic acids is 2. The maximum absolute atomic E-state index is 11.8. The van der Waals surface area contributed by atoms with Crippen LogP contribution in [0.3, 0.4) is 0 Å². The molecule has 124 valence electrons. The van der Waals surface area contributed by atoms with Crippen molar-refractivity contribution >= 4 is 11.9 Å². The predicted octanol–water partition coefficient (Wildman–Crippen LogP) is 4.26. The molecule has 2 unspecified atom stereocenters. The minimum atomic E-state index is -0.325. The first-order chi connectivity index (χ1) is 9.90. The zero-order chi connectivity index (χ0) is 16.3. The van der Waals surface area contributed by atoms with Crippen molar-refractivity contribution in [2.24, 2.45) is 5.92 Å². The van der Waals surface area contributed by atoms with Crippen molar-refractivity contribution in [1.29, 1.82) is 0 Å². The van der Waals surface area contributed by atoms with Gasteiger partial charge in [0.1, 0.15) is 12.2 Å². The Kier molecular flexibility index (Phi) is 11.0. The molecule has 0 N–H and O–H groups in total. The van der Waals surface area contributed by atoms with Crippen LogP contribution in [0.25, 0.3) is 0 Å². The number of carbonyl (C=O) groups is 2. The van der Waals surface area contributed by atoms with Gasteiger partial charge in [0.25, 0.3) is 0 Å². The number of hydrogen-bond acceptors (Lipinski definition) is 4. The summed E-state index contributed by atoms with van der Waals surface area (Å²) in [7, 11) is 0. The largest absolute Gasteiger partial charge is 0.462 e. The number of hydrogen-bond donors (Lipinski definition) is 0. The fourth-order valence-corrected chi connectivity index (χ4v) is 1.87. The van der Waals surface area contributed by atoms with Crippen molar-refractivity contribution in [2.75, 3.05) is 0 Å². The van der Waals surface area contributed by atoms with Crippen LogP contribution in [0.15, 0.2) is 0 Å². The van der Waals surface area contributed by atoms with Crippen LogP contribution in [0.4, 0.5) is 0 Å². The lowest BCUT2D eigenvalue weighted by atomic mass is 10.1. The Morgan fingerprint density at radius 1 is 0.857 bits per heavy atom. The molecule has 0 aromatic heterocycles. The van der Waals surface area contributed by atoms with Gasteiger partial charge in [-0.3, -0.25) is 9.59 Å². The van der Waals surface area contributed by atoms with Gasteiger partial charge in [-0.2, -0.15) is 0 Å². The lowest BCUT2D eigenvalue weighted by Gasteiger charge is -2.18. The fraction of sp³-hybridized carbons (Fsp3) is 0.882. The van der Waals surface area contributed by atoms with E-state index in [4.69, 9.17) is 9.47 Å². The molecule has 0 aliphatic rings. The Bertz CT molecular complexity index is 299. The molecule has 0 saturated heterocycles. The second-order valence-electron chi connectivity index (χ2n) is 5.98. The molecular weight excluding hydrogens is 268 g/mol. The van der Waals surface area contributed by atoms with Crippen molar-refractivity contribution in [3.8, 4) is 0 Å². The van der Waals surface area contributed by atoms with Crippen LogP contribution in [-0.2, 0) is 19.1 Å². The standard InChI is InChI=1S/C17H32O4/c1-6-8-10-15(9-7-2)21-17(19)12-11-16(18)20-14(5)13(3)4/h13-15H,6-12H2,1-5H3. The van der Waals surface area contributed by atoms with Crippen molar-refractivity contribution in [3.63, 3.8) is 0 Å². The summed E-state index contributed by atoms with van der Waals surface area (Å²) in [5.74, 6) is -0.337. The fourth-order valence-electron chi connectivity index (χ4n) is 1.87. The monoisotopic (exact) mass is 300 g/mol. The van der Waals surface area contributed by atoms with E-state index in [1.807, 2.05) is 20.8 Å². The molecule has 4 heteroatoms. The van der Waals surface area contributed by atoms with Crippen LogP contribution in [0.1, 0.15) is 79.6 Å². The molecule has 0 aromatic carbocycles. The third-order valence-electron chi connectivity index (χ3n) is 3.58. The summed E-state index contributed by atoms with van der Waals surface area (Å²) < 4.78 is 10.7. The molecule has 4 nitrogen and oxygen atoms in total. The van der Waals surface area contributed by atoms with E-state index in [9.17, 15) is 9.59 Å². The van der Waals surface area contributed by atoms with Crippen LogP contribution < -0.4 is 0 Å². The molecule has 0 aliphatic heterocycles. The van der Waals surface area contributed by atoms with Gasteiger partial charge in [-0.1, -0.05) is 47.0 Å².